The highest BCUT2D eigenvalue weighted by molar-refractivity contribution is 7.09. The van der Waals surface area contributed by atoms with Crippen molar-refractivity contribution in [3.8, 4) is 0 Å². The van der Waals surface area contributed by atoms with E-state index in [-0.39, 0.29) is 6.03 Å². The number of hydrogen-bond donors (Lipinski definition) is 1. The van der Waals surface area contributed by atoms with E-state index in [1.54, 1.807) is 18.4 Å². The highest BCUT2D eigenvalue weighted by atomic mass is 32.1. The maximum Gasteiger partial charge on any atom is 0.328 e. The molecule has 2 heterocycles. The molecule has 0 radical (unpaired) electrons. The molecule has 0 saturated carbocycles. The number of rotatable bonds is 8. The van der Waals surface area contributed by atoms with Crippen LogP contribution in [-0.4, -0.2) is 46.7 Å². The average molecular weight is 443 g/mol. The first-order chi connectivity index (χ1) is 14.8. The van der Waals surface area contributed by atoms with Gasteiger partial charge in [-0.3, -0.25) is 0 Å². The van der Waals surface area contributed by atoms with Crippen LogP contribution in [0.1, 0.15) is 42.5 Å². The summed E-state index contributed by atoms with van der Waals surface area (Å²) < 4.78 is 7.01. The van der Waals surface area contributed by atoms with E-state index in [2.05, 4.69) is 47.0 Å². The third-order valence-corrected chi connectivity index (χ3v) is 6.47. The lowest BCUT2D eigenvalue weighted by Crippen LogP contribution is -2.47. The molecule has 1 atom stereocenters. The Morgan fingerprint density at radius 2 is 2.03 bits per heavy atom. The minimum atomic E-state index is -0.722. The van der Waals surface area contributed by atoms with Crippen LogP contribution < -0.4 is 5.32 Å². The summed E-state index contributed by atoms with van der Waals surface area (Å²) >= 11 is 1.60. The molecule has 8 heteroatoms. The van der Waals surface area contributed by atoms with Gasteiger partial charge in [-0.15, -0.1) is 11.3 Å². The minimum Gasteiger partial charge on any atom is -0.467 e. The predicted octanol–water partition coefficient (Wildman–Crippen LogP) is 4.07. The highest BCUT2D eigenvalue weighted by Gasteiger charge is 2.24. The van der Waals surface area contributed by atoms with Gasteiger partial charge >= 0.3 is 12.0 Å². The van der Waals surface area contributed by atoms with Crippen LogP contribution in [0.3, 0.4) is 0 Å². The zero-order valence-corrected chi connectivity index (χ0v) is 19.5. The Kier molecular flexibility index (Phi) is 7.33. The summed E-state index contributed by atoms with van der Waals surface area (Å²) in [6.07, 6.45) is 3.17. The van der Waals surface area contributed by atoms with Crippen molar-refractivity contribution in [2.75, 3.05) is 14.2 Å². The van der Waals surface area contributed by atoms with Gasteiger partial charge in [-0.05, 0) is 24.5 Å². The molecule has 0 aliphatic heterocycles. The number of carbonyl (C=O) groups is 2. The van der Waals surface area contributed by atoms with Crippen molar-refractivity contribution in [1.29, 1.82) is 0 Å². The molecule has 0 unspecified atom stereocenters. The van der Waals surface area contributed by atoms with Crippen molar-refractivity contribution >= 4 is 34.2 Å². The molecule has 0 fully saturated rings. The molecule has 0 spiro atoms. The minimum absolute atomic E-state index is 0.326. The number of hydrogen-bond acceptors (Lipinski definition) is 5. The van der Waals surface area contributed by atoms with Crippen molar-refractivity contribution in [2.45, 2.75) is 45.2 Å². The molecular formula is C23H30N4O3S. The third kappa shape index (κ3) is 5.44. The van der Waals surface area contributed by atoms with Crippen LogP contribution in [0.5, 0.6) is 0 Å². The monoisotopic (exact) mass is 442 g/mol. The Labute approximate surface area is 187 Å². The number of ether oxygens (including phenoxy) is 1. The Balaban J connectivity index is 1.64. The van der Waals surface area contributed by atoms with E-state index < -0.39 is 12.0 Å². The topological polar surface area (TPSA) is 76.5 Å². The van der Waals surface area contributed by atoms with Crippen molar-refractivity contribution in [3.63, 3.8) is 0 Å². The van der Waals surface area contributed by atoms with Crippen LogP contribution >= 0.6 is 11.3 Å². The van der Waals surface area contributed by atoms with Gasteiger partial charge in [0.2, 0.25) is 0 Å². The summed E-state index contributed by atoms with van der Waals surface area (Å²) in [7, 11) is 5.04. The lowest BCUT2D eigenvalue weighted by Gasteiger charge is -2.21. The smallest absolute Gasteiger partial charge is 0.328 e. The SMILES string of the molecule is COC(=O)[C@H](CCc1cn(C)c2ccccc12)NC(=O)N(C)Cc1csc(C(C)C)n1. The molecule has 0 aliphatic carbocycles. The van der Waals surface area contributed by atoms with Gasteiger partial charge in [0.1, 0.15) is 6.04 Å². The number of fused-ring (bicyclic) bond motifs is 1. The van der Waals surface area contributed by atoms with Crippen molar-refractivity contribution < 1.29 is 14.3 Å². The van der Waals surface area contributed by atoms with E-state index in [4.69, 9.17) is 4.74 Å². The second-order valence-corrected chi connectivity index (χ2v) is 8.92. The van der Waals surface area contributed by atoms with Gasteiger partial charge < -0.3 is 19.5 Å². The first-order valence-electron chi connectivity index (χ1n) is 10.4. The van der Waals surface area contributed by atoms with E-state index >= 15 is 0 Å². The van der Waals surface area contributed by atoms with E-state index in [0.29, 0.717) is 25.3 Å². The molecule has 31 heavy (non-hydrogen) atoms. The lowest BCUT2D eigenvalue weighted by atomic mass is 10.0. The largest absolute Gasteiger partial charge is 0.467 e. The van der Waals surface area contributed by atoms with E-state index in [0.717, 1.165) is 27.2 Å². The average Bonchev–Trinajstić information content (AvgIpc) is 3.35. The molecule has 1 aromatic carbocycles. The number of benzene rings is 1. The Bertz CT molecular complexity index is 1060. The van der Waals surface area contributed by atoms with E-state index in [1.165, 1.54) is 12.0 Å². The van der Waals surface area contributed by atoms with Crippen LogP contribution in [-0.2, 0) is 29.5 Å². The number of esters is 1. The van der Waals surface area contributed by atoms with Crippen molar-refractivity contribution in [1.82, 2.24) is 19.8 Å². The number of para-hydroxylation sites is 1. The number of nitrogens with one attached hydrogen (secondary N) is 1. The second-order valence-electron chi connectivity index (χ2n) is 8.03. The van der Waals surface area contributed by atoms with Gasteiger partial charge in [-0.25, -0.2) is 14.6 Å². The fraction of sp³-hybridized carbons (Fsp3) is 0.435. The molecule has 3 aromatic rings. The third-order valence-electron chi connectivity index (χ3n) is 5.27. The number of methoxy groups -OCH3 is 1. The second kappa shape index (κ2) is 9.96. The summed E-state index contributed by atoms with van der Waals surface area (Å²) in [4.78, 5) is 31.2. The van der Waals surface area contributed by atoms with Gasteiger partial charge in [-0.1, -0.05) is 32.0 Å². The number of amides is 2. The number of urea groups is 1. The zero-order valence-electron chi connectivity index (χ0n) is 18.7. The molecule has 0 aliphatic rings. The number of thiazole rings is 1. The summed E-state index contributed by atoms with van der Waals surface area (Å²) in [5.74, 6) is -0.0894. The maximum absolute atomic E-state index is 12.7. The highest BCUT2D eigenvalue weighted by Crippen LogP contribution is 2.22. The molecule has 1 N–H and O–H groups in total. The van der Waals surface area contributed by atoms with Gasteiger partial charge in [0.05, 0.1) is 24.4 Å². The number of aryl methyl sites for hydroxylation is 2. The molecule has 2 aromatic heterocycles. The predicted molar refractivity (Wildman–Crippen MR) is 123 cm³/mol. The lowest BCUT2D eigenvalue weighted by molar-refractivity contribution is -0.143. The number of carbonyl (C=O) groups excluding carboxylic acids is 2. The van der Waals surface area contributed by atoms with Crippen LogP contribution in [0.25, 0.3) is 10.9 Å². The molecule has 3 rings (SSSR count). The van der Waals surface area contributed by atoms with Crippen LogP contribution in [0.4, 0.5) is 4.79 Å². The van der Waals surface area contributed by atoms with Gasteiger partial charge in [0, 0.05) is 42.5 Å². The summed E-state index contributed by atoms with van der Waals surface area (Å²) in [5, 5.41) is 7.00. The van der Waals surface area contributed by atoms with E-state index in [1.807, 2.05) is 24.6 Å². The Morgan fingerprint density at radius 1 is 1.29 bits per heavy atom. The summed E-state index contributed by atoms with van der Waals surface area (Å²) in [5.41, 5.74) is 3.12. The van der Waals surface area contributed by atoms with Gasteiger partial charge in [-0.2, -0.15) is 0 Å². The molecule has 0 saturated heterocycles. The van der Waals surface area contributed by atoms with Crippen LogP contribution in [0.2, 0.25) is 0 Å². The molecular weight excluding hydrogens is 412 g/mol. The van der Waals surface area contributed by atoms with Gasteiger partial charge in [0.15, 0.2) is 0 Å². The summed E-state index contributed by atoms with van der Waals surface area (Å²) in [6.45, 7) is 4.57. The fourth-order valence-electron chi connectivity index (χ4n) is 3.55. The van der Waals surface area contributed by atoms with Crippen LogP contribution in [0.15, 0.2) is 35.8 Å². The van der Waals surface area contributed by atoms with Crippen molar-refractivity contribution in [2.24, 2.45) is 7.05 Å². The standard InChI is InChI=1S/C23H30N4O3S/c1-15(2)21-24-17(14-31-21)13-27(4)23(29)25-19(22(28)30-5)11-10-16-12-26(3)20-9-7-6-8-18(16)20/h6-9,12,14-15,19H,10-11,13H2,1-5H3,(H,25,29)/t19-/m0/s1. The molecule has 166 valence electrons. The quantitative estimate of drug-likeness (QED) is 0.534. The normalized spacial score (nSPS) is 12.2. The Morgan fingerprint density at radius 3 is 2.71 bits per heavy atom. The van der Waals surface area contributed by atoms with E-state index in [9.17, 15) is 9.59 Å². The Hall–Kier alpha value is -2.87. The molecule has 0 bridgehead atoms. The van der Waals surface area contributed by atoms with Crippen LogP contribution in [0, 0.1) is 0 Å². The zero-order chi connectivity index (χ0) is 22.5. The van der Waals surface area contributed by atoms with Crippen molar-refractivity contribution in [3.05, 3.63) is 52.1 Å². The first kappa shape index (κ1) is 22.8. The molecule has 2 amide bonds. The fourth-order valence-corrected chi connectivity index (χ4v) is 4.38. The summed E-state index contributed by atoms with van der Waals surface area (Å²) in [6, 6.07) is 7.10. The first-order valence-corrected chi connectivity index (χ1v) is 11.2. The van der Waals surface area contributed by atoms with Gasteiger partial charge in [0.25, 0.3) is 0 Å². The maximum atomic E-state index is 12.7. The molecule has 7 nitrogen and oxygen atoms in total. The number of aromatic nitrogens is 2. The number of nitrogens with zero attached hydrogens (tertiary/aromatic N) is 3.